The molecule has 6 nitrogen and oxygen atoms in total. The molecule has 0 saturated carbocycles. The zero-order valence-electron chi connectivity index (χ0n) is 9.97. The van der Waals surface area contributed by atoms with Crippen LogP contribution in [-0.4, -0.2) is 66.0 Å². The van der Waals surface area contributed by atoms with E-state index in [4.69, 9.17) is 4.74 Å². The molecule has 2 amide bonds. The van der Waals surface area contributed by atoms with Crippen LogP contribution in [0.2, 0.25) is 0 Å². The maximum absolute atomic E-state index is 11.7. The molecule has 17 heavy (non-hydrogen) atoms. The van der Waals surface area contributed by atoms with E-state index in [1.165, 1.54) is 28.6 Å². The van der Waals surface area contributed by atoms with Crippen LogP contribution in [-0.2, 0) is 19.1 Å². The largest absolute Gasteiger partial charge is 0.465 e. The Hall–Kier alpha value is -1.24. The van der Waals surface area contributed by atoms with Gasteiger partial charge in [0, 0.05) is 7.05 Å². The van der Waals surface area contributed by atoms with Gasteiger partial charge < -0.3 is 14.5 Å². The van der Waals surface area contributed by atoms with Crippen LogP contribution in [0, 0.1) is 0 Å². The van der Waals surface area contributed by atoms with Crippen molar-refractivity contribution in [1.82, 2.24) is 9.80 Å². The second-order valence-electron chi connectivity index (χ2n) is 3.62. The van der Waals surface area contributed by atoms with Crippen molar-refractivity contribution < 1.29 is 19.1 Å². The Bertz CT molecular complexity index is 321. The molecule has 1 fully saturated rings. The first kappa shape index (κ1) is 13.8. The molecule has 0 unspecified atom stereocenters. The van der Waals surface area contributed by atoms with Gasteiger partial charge in [0.2, 0.25) is 11.8 Å². The van der Waals surface area contributed by atoms with Gasteiger partial charge in [0.25, 0.3) is 0 Å². The molecule has 0 aliphatic carbocycles. The normalized spacial score (nSPS) is 14.9. The molecule has 0 bridgehead atoms. The van der Waals surface area contributed by atoms with Crippen LogP contribution >= 0.6 is 11.8 Å². The second kappa shape index (κ2) is 6.48. The topological polar surface area (TPSA) is 66.9 Å². The maximum atomic E-state index is 11.7. The molecule has 96 valence electrons. The van der Waals surface area contributed by atoms with Crippen LogP contribution in [0.3, 0.4) is 0 Å². The lowest BCUT2D eigenvalue weighted by Gasteiger charge is -2.20. The lowest BCUT2D eigenvalue weighted by Crippen LogP contribution is -2.41. The van der Waals surface area contributed by atoms with E-state index in [2.05, 4.69) is 0 Å². The number of nitrogens with zero attached hydrogens (tertiary/aromatic N) is 2. The fraction of sp³-hybridized carbons (Fsp3) is 0.700. The van der Waals surface area contributed by atoms with E-state index in [0.29, 0.717) is 18.2 Å². The molecule has 0 spiro atoms. The van der Waals surface area contributed by atoms with Crippen molar-refractivity contribution in [2.75, 3.05) is 38.4 Å². The summed E-state index contributed by atoms with van der Waals surface area (Å²) in [6, 6.07) is 0. The van der Waals surface area contributed by atoms with Crippen molar-refractivity contribution >= 4 is 29.5 Å². The van der Waals surface area contributed by atoms with Crippen molar-refractivity contribution in [3.63, 3.8) is 0 Å². The van der Waals surface area contributed by atoms with Gasteiger partial charge in [-0.25, -0.2) is 0 Å². The Morgan fingerprint density at radius 1 is 1.53 bits per heavy atom. The average molecular weight is 260 g/mol. The van der Waals surface area contributed by atoms with Crippen LogP contribution in [0.4, 0.5) is 0 Å². The minimum absolute atomic E-state index is 0.0295. The van der Waals surface area contributed by atoms with Gasteiger partial charge in [-0.1, -0.05) is 0 Å². The Morgan fingerprint density at radius 2 is 2.24 bits per heavy atom. The molecule has 0 radical (unpaired) electrons. The van der Waals surface area contributed by atoms with Gasteiger partial charge in [-0.2, -0.15) is 0 Å². The van der Waals surface area contributed by atoms with Gasteiger partial charge in [0.1, 0.15) is 13.1 Å². The van der Waals surface area contributed by atoms with E-state index < -0.39 is 5.97 Å². The molecule has 0 aromatic carbocycles. The summed E-state index contributed by atoms with van der Waals surface area (Å²) < 4.78 is 4.74. The highest BCUT2D eigenvalue weighted by molar-refractivity contribution is 8.00. The molecule has 1 rings (SSSR count). The van der Waals surface area contributed by atoms with Gasteiger partial charge in [-0.15, -0.1) is 11.8 Å². The fourth-order valence-corrected chi connectivity index (χ4v) is 2.22. The third-order valence-corrected chi connectivity index (χ3v) is 3.19. The maximum Gasteiger partial charge on any atom is 0.325 e. The quantitative estimate of drug-likeness (QED) is 0.626. The molecular formula is C10H16N2O4S. The average Bonchev–Trinajstić information content (AvgIpc) is 2.64. The van der Waals surface area contributed by atoms with E-state index in [-0.39, 0.29) is 24.9 Å². The summed E-state index contributed by atoms with van der Waals surface area (Å²) in [5, 5.41) is 0. The number of carbonyl (C=O) groups is 3. The number of thioether (sulfide) groups is 1. The lowest BCUT2D eigenvalue weighted by molar-refractivity contribution is -0.148. The van der Waals surface area contributed by atoms with Crippen molar-refractivity contribution in [2.45, 2.75) is 6.92 Å². The predicted molar refractivity (Wildman–Crippen MR) is 63.3 cm³/mol. The van der Waals surface area contributed by atoms with Crippen LogP contribution in [0.15, 0.2) is 0 Å². The monoisotopic (exact) mass is 260 g/mol. The Balaban J connectivity index is 2.36. The van der Waals surface area contributed by atoms with Crippen molar-refractivity contribution in [2.24, 2.45) is 0 Å². The minimum Gasteiger partial charge on any atom is -0.465 e. The third kappa shape index (κ3) is 4.26. The minimum atomic E-state index is -0.439. The Kier molecular flexibility index (Phi) is 5.27. The van der Waals surface area contributed by atoms with Crippen molar-refractivity contribution in [1.29, 1.82) is 0 Å². The van der Waals surface area contributed by atoms with Crippen LogP contribution in [0.5, 0.6) is 0 Å². The zero-order valence-corrected chi connectivity index (χ0v) is 10.8. The number of esters is 1. The number of carbonyl (C=O) groups excluding carboxylic acids is 3. The van der Waals surface area contributed by atoms with Crippen molar-refractivity contribution in [3.8, 4) is 0 Å². The molecule has 0 aromatic rings. The molecule has 1 aliphatic heterocycles. The zero-order chi connectivity index (χ0) is 12.8. The first-order chi connectivity index (χ1) is 8.04. The summed E-state index contributed by atoms with van der Waals surface area (Å²) in [7, 11) is 1.52. The van der Waals surface area contributed by atoms with Gasteiger partial charge >= 0.3 is 5.97 Å². The van der Waals surface area contributed by atoms with Crippen molar-refractivity contribution in [3.05, 3.63) is 0 Å². The highest BCUT2D eigenvalue weighted by atomic mass is 32.2. The molecule has 1 aliphatic rings. The molecule has 7 heteroatoms. The molecule has 1 saturated heterocycles. The van der Waals surface area contributed by atoms with Gasteiger partial charge in [-0.3, -0.25) is 14.4 Å². The molecule has 0 atom stereocenters. The highest BCUT2D eigenvalue weighted by Crippen LogP contribution is 2.14. The number of hydrogen-bond acceptors (Lipinski definition) is 5. The van der Waals surface area contributed by atoms with E-state index in [0.717, 1.165) is 0 Å². The van der Waals surface area contributed by atoms with E-state index in [1.54, 1.807) is 6.92 Å². The van der Waals surface area contributed by atoms with E-state index >= 15 is 0 Å². The van der Waals surface area contributed by atoms with Crippen LogP contribution < -0.4 is 0 Å². The third-order valence-electron chi connectivity index (χ3n) is 2.25. The molecule has 0 N–H and O–H groups in total. The summed E-state index contributed by atoms with van der Waals surface area (Å²) in [5.74, 6) is 0.236. The smallest absolute Gasteiger partial charge is 0.325 e. The fourth-order valence-electron chi connectivity index (χ4n) is 1.31. The number of hydrogen-bond donors (Lipinski definition) is 0. The first-order valence-corrected chi connectivity index (χ1v) is 6.45. The second-order valence-corrected chi connectivity index (χ2v) is 4.58. The molecule has 0 aromatic heterocycles. The van der Waals surface area contributed by atoms with E-state index in [1.807, 2.05) is 0 Å². The summed E-state index contributed by atoms with van der Waals surface area (Å²) >= 11 is 1.48. The Labute approximate surface area is 104 Å². The summed E-state index contributed by atoms with van der Waals surface area (Å²) in [6.07, 6.45) is 0. The summed E-state index contributed by atoms with van der Waals surface area (Å²) in [5.41, 5.74) is 0. The molecular weight excluding hydrogens is 244 g/mol. The standard InChI is InChI=1S/C10H16N2O4S/c1-3-16-10(15)5-11(2)8(13)4-12-7-17-6-9(12)14/h3-7H2,1-2H3. The number of rotatable bonds is 5. The van der Waals surface area contributed by atoms with E-state index in [9.17, 15) is 14.4 Å². The van der Waals surface area contributed by atoms with Crippen LogP contribution in [0.1, 0.15) is 6.92 Å². The Morgan fingerprint density at radius 3 is 2.76 bits per heavy atom. The highest BCUT2D eigenvalue weighted by Gasteiger charge is 2.24. The van der Waals surface area contributed by atoms with Gasteiger partial charge in [0.15, 0.2) is 0 Å². The van der Waals surface area contributed by atoms with Gasteiger partial charge in [0.05, 0.1) is 18.2 Å². The lowest BCUT2D eigenvalue weighted by atomic mass is 10.4. The number of likely N-dealkylation sites (N-methyl/N-ethyl adjacent to an activating group) is 1. The van der Waals surface area contributed by atoms with Gasteiger partial charge in [-0.05, 0) is 6.92 Å². The molecule has 1 heterocycles. The SMILES string of the molecule is CCOC(=O)CN(C)C(=O)CN1CSCC1=O. The summed E-state index contributed by atoms with van der Waals surface area (Å²) in [6.45, 7) is 1.95. The predicted octanol–water partition coefficient (Wildman–Crippen LogP) is -0.459. The number of ether oxygens (including phenoxy) is 1. The first-order valence-electron chi connectivity index (χ1n) is 5.29. The summed E-state index contributed by atoms with van der Waals surface area (Å²) in [4.78, 5) is 36.9. The van der Waals surface area contributed by atoms with Crippen LogP contribution in [0.25, 0.3) is 0 Å². The number of amides is 2.